The molecule has 1 aliphatic heterocycles. The molecule has 0 atom stereocenters. The Morgan fingerprint density at radius 3 is 2.60 bits per heavy atom. The van der Waals surface area contributed by atoms with Gasteiger partial charge in [0.15, 0.2) is 6.61 Å². The van der Waals surface area contributed by atoms with Gasteiger partial charge < -0.3 is 13.9 Å². The molecule has 1 aliphatic rings. The van der Waals surface area contributed by atoms with E-state index in [1.807, 2.05) is 31.2 Å². The summed E-state index contributed by atoms with van der Waals surface area (Å²) in [4.78, 5) is 23.2. The number of amides is 2. The van der Waals surface area contributed by atoms with Gasteiger partial charge >= 0.3 is 0 Å². The van der Waals surface area contributed by atoms with Gasteiger partial charge in [0.25, 0.3) is 22.9 Å². The van der Waals surface area contributed by atoms with E-state index in [2.05, 4.69) is 15.5 Å². The third kappa shape index (κ3) is 4.52. The second-order valence-electron chi connectivity index (χ2n) is 6.14. The van der Waals surface area contributed by atoms with E-state index in [0.717, 1.165) is 22.9 Å². The highest BCUT2D eigenvalue weighted by molar-refractivity contribution is 8.18. The molecule has 2 aromatic carbocycles. The van der Waals surface area contributed by atoms with Gasteiger partial charge in [0.1, 0.15) is 11.5 Å². The summed E-state index contributed by atoms with van der Waals surface area (Å²) in [6.07, 6.45) is 1.65. The quantitative estimate of drug-likeness (QED) is 0.568. The van der Waals surface area contributed by atoms with E-state index in [0.29, 0.717) is 34.8 Å². The molecule has 1 fully saturated rings. The van der Waals surface area contributed by atoms with Gasteiger partial charge in [-0.15, -0.1) is 10.2 Å². The molecular weight excluding hydrogens is 406 g/mol. The third-order valence-corrected chi connectivity index (χ3v) is 4.88. The highest BCUT2D eigenvalue weighted by Gasteiger charge is 2.24. The maximum atomic E-state index is 11.6. The van der Waals surface area contributed by atoms with Crippen molar-refractivity contribution in [3.63, 3.8) is 0 Å². The molecule has 8 nitrogen and oxygen atoms in total. The minimum atomic E-state index is -0.386. The highest BCUT2D eigenvalue weighted by atomic mass is 32.2. The molecule has 0 aliphatic carbocycles. The molecule has 2 heterocycles. The maximum Gasteiger partial charge on any atom is 0.290 e. The lowest BCUT2D eigenvalue weighted by Gasteiger charge is -2.06. The van der Waals surface area contributed by atoms with Crippen LogP contribution in [0, 0.1) is 0 Å². The van der Waals surface area contributed by atoms with Crippen LogP contribution in [0.1, 0.15) is 18.4 Å². The molecule has 4 rings (SSSR count). The van der Waals surface area contributed by atoms with Crippen molar-refractivity contribution in [3.05, 3.63) is 64.9 Å². The summed E-state index contributed by atoms with van der Waals surface area (Å²) in [7, 11) is 0. The first kappa shape index (κ1) is 19.7. The van der Waals surface area contributed by atoms with Crippen LogP contribution in [0.2, 0.25) is 0 Å². The summed E-state index contributed by atoms with van der Waals surface area (Å²) in [6, 6.07) is 14.5. The van der Waals surface area contributed by atoms with Crippen LogP contribution < -0.4 is 14.8 Å². The normalized spacial score (nSPS) is 14.8. The highest BCUT2D eigenvalue weighted by Crippen LogP contribution is 2.29. The number of hydrogen-bond acceptors (Lipinski definition) is 8. The van der Waals surface area contributed by atoms with Crippen molar-refractivity contribution in [1.82, 2.24) is 15.5 Å². The van der Waals surface area contributed by atoms with Gasteiger partial charge in [-0.3, -0.25) is 14.9 Å². The maximum absolute atomic E-state index is 11.6. The van der Waals surface area contributed by atoms with Crippen molar-refractivity contribution >= 4 is 29.0 Å². The van der Waals surface area contributed by atoms with Crippen LogP contribution in [0.5, 0.6) is 11.5 Å². The minimum absolute atomic E-state index is 0.108. The van der Waals surface area contributed by atoms with Crippen molar-refractivity contribution in [2.75, 3.05) is 6.61 Å². The van der Waals surface area contributed by atoms with Crippen LogP contribution in [-0.2, 0) is 11.4 Å². The number of ether oxygens (including phenoxy) is 2. The molecule has 0 spiro atoms. The molecule has 3 aromatic rings. The Balaban J connectivity index is 1.40. The summed E-state index contributed by atoms with van der Waals surface area (Å²) in [5.74, 6) is 1.59. The van der Waals surface area contributed by atoms with E-state index >= 15 is 0 Å². The summed E-state index contributed by atoms with van der Waals surface area (Å²) in [6.45, 7) is 2.55. The molecule has 1 aromatic heterocycles. The Labute approximate surface area is 176 Å². The first-order valence-corrected chi connectivity index (χ1v) is 9.96. The predicted octanol–water partition coefficient (Wildman–Crippen LogP) is 4.04. The number of nitrogens with one attached hydrogen (secondary N) is 1. The predicted molar refractivity (Wildman–Crippen MR) is 111 cm³/mol. The van der Waals surface area contributed by atoms with Gasteiger partial charge in [-0.25, -0.2) is 0 Å². The van der Waals surface area contributed by atoms with E-state index in [-0.39, 0.29) is 17.8 Å². The molecule has 0 unspecified atom stereocenters. The molecule has 1 N–H and O–H groups in total. The van der Waals surface area contributed by atoms with Crippen molar-refractivity contribution < 1.29 is 23.5 Å². The molecular formula is C21H17N3O5S. The van der Waals surface area contributed by atoms with Crippen molar-refractivity contribution in [2.45, 2.75) is 13.5 Å². The summed E-state index contributed by atoms with van der Waals surface area (Å²) >= 11 is 0.878. The molecule has 1 saturated heterocycles. The summed E-state index contributed by atoms with van der Waals surface area (Å²) in [5, 5.41) is 9.95. The third-order valence-electron chi connectivity index (χ3n) is 4.07. The zero-order valence-electron chi connectivity index (χ0n) is 16.0. The van der Waals surface area contributed by atoms with Crippen molar-refractivity contribution in [2.24, 2.45) is 0 Å². The lowest BCUT2D eigenvalue weighted by atomic mass is 10.2. The van der Waals surface area contributed by atoms with Gasteiger partial charge in [-0.05, 0) is 54.6 Å². The van der Waals surface area contributed by atoms with E-state index in [1.54, 1.807) is 30.3 Å². The number of aromatic nitrogens is 2. The first-order chi connectivity index (χ1) is 14.6. The average Bonchev–Trinajstić information content (AvgIpc) is 3.34. The fourth-order valence-electron chi connectivity index (χ4n) is 2.72. The van der Waals surface area contributed by atoms with Crippen molar-refractivity contribution in [3.8, 4) is 23.0 Å². The molecule has 0 radical (unpaired) electrons. The largest absolute Gasteiger partial charge is 0.493 e. The number of carbonyl (C=O) groups is 2. The second kappa shape index (κ2) is 8.83. The first-order valence-electron chi connectivity index (χ1n) is 9.14. The van der Waals surface area contributed by atoms with E-state index < -0.39 is 0 Å². The monoisotopic (exact) mass is 423 g/mol. The molecule has 0 bridgehead atoms. The number of rotatable bonds is 7. The zero-order chi connectivity index (χ0) is 20.9. The van der Waals surface area contributed by atoms with Crippen LogP contribution in [0.3, 0.4) is 0 Å². The topological polar surface area (TPSA) is 104 Å². The van der Waals surface area contributed by atoms with Crippen LogP contribution in [-0.4, -0.2) is 28.0 Å². The molecule has 0 saturated carbocycles. The SMILES string of the molecule is CCOc1ccccc1-c1nnc(COc2ccc(/C=C3/SC(=O)NC3=O)cc2)o1. The van der Waals surface area contributed by atoms with Crippen LogP contribution in [0.25, 0.3) is 17.5 Å². The Morgan fingerprint density at radius 1 is 1.07 bits per heavy atom. The summed E-state index contributed by atoms with van der Waals surface area (Å²) < 4.78 is 17.0. The minimum Gasteiger partial charge on any atom is -0.493 e. The lowest BCUT2D eigenvalue weighted by Crippen LogP contribution is -2.17. The smallest absolute Gasteiger partial charge is 0.290 e. The van der Waals surface area contributed by atoms with Crippen LogP contribution in [0.15, 0.2) is 57.9 Å². The van der Waals surface area contributed by atoms with Gasteiger partial charge in [-0.2, -0.15) is 0 Å². The van der Waals surface area contributed by atoms with Gasteiger partial charge in [0.2, 0.25) is 0 Å². The Morgan fingerprint density at radius 2 is 1.87 bits per heavy atom. The van der Waals surface area contributed by atoms with E-state index in [9.17, 15) is 9.59 Å². The number of para-hydroxylation sites is 1. The number of carbonyl (C=O) groups excluding carboxylic acids is 2. The Hall–Kier alpha value is -3.59. The molecule has 2 amide bonds. The average molecular weight is 423 g/mol. The van der Waals surface area contributed by atoms with Gasteiger partial charge in [-0.1, -0.05) is 24.3 Å². The van der Waals surface area contributed by atoms with Crippen LogP contribution >= 0.6 is 11.8 Å². The summed E-state index contributed by atoms with van der Waals surface area (Å²) in [5.41, 5.74) is 1.50. The standard InChI is InChI=1S/C21H17N3O5S/c1-2-27-16-6-4-3-5-15(16)20-24-23-18(29-20)12-28-14-9-7-13(8-10-14)11-17-19(25)22-21(26)30-17/h3-11H,2,12H2,1H3,(H,22,25,26)/b17-11+. The van der Waals surface area contributed by atoms with Crippen LogP contribution in [0.4, 0.5) is 4.79 Å². The van der Waals surface area contributed by atoms with Gasteiger partial charge in [0.05, 0.1) is 17.1 Å². The second-order valence-corrected chi connectivity index (χ2v) is 7.15. The number of imide groups is 1. The number of benzene rings is 2. The number of thioether (sulfide) groups is 1. The molecule has 30 heavy (non-hydrogen) atoms. The molecule has 152 valence electrons. The fraction of sp³-hybridized carbons (Fsp3) is 0.143. The van der Waals surface area contributed by atoms with Gasteiger partial charge in [0, 0.05) is 0 Å². The number of nitrogens with zero attached hydrogens (tertiary/aromatic N) is 2. The fourth-order valence-corrected chi connectivity index (χ4v) is 3.41. The molecule has 9 heteroatoms. The Bertz CT molecular complexity index is 1110. The number of hydrogen-bond donors (Lipinski definition) is 1. The van der Waals surface area contributed by atoms with Crippen molar-refractivity contribution in [1.29, 1.82) is 0 Å². The van der Waals surface area contributed by atoms with E-state index in [4.69, 9.17) is 13.9 Å². The zero-order valence-corrected chi connectivity index (χ0v) is 16.8. The Kier molecular flexibility index (Phi) is 5.80. The lowest BCUT2D eigenvalue weighted by molar-refractivity contribution is -0.115. The van der Waals surface area contributed by atoms with E-state index in [1.165, 1.54) is 0 Å².